The first kappa shape index (κ1) is 17.6. The normalized spacial score (nSPS) is 29.0. The number of nitrogens with zero attached hydrogens (tertiary/aromatic N) is 1. The molecule has 9 nitrogen and oxygen atoms in total. The number of aromatic amines is 1. The van der Waals surface area contributed by atoms with Crippen LogP contribution in [-0.4, -0.2) is 44.7 Å². The van der Waals surface area contributed by atoms with Gasteiger partial charge in [0.1, 0.15) is 18.3 Å². The van der Waals surface area contributed by atoms with Gasteiger partial charge in [-0.2, -0.15) is 4.39 Å². The Bertz CT molecular complexity index is 719. The number of halogens is 3. The fraction of sp³-hybridized carbons (Fsp3) is 0.556. The number of hydrogen-bond donors (Lipinski definition) is 3. The van der Waals surface area contributed by atoms with Crippen LogP contribution >= 0.6 is 28.6 Å². The van der Waals surface area contributed by atoms with Gasteiger partial charge in [-0.15, -0.1) is 0 Å². The van der Waals surface area contributed by atoms with Crippen LogP contribution in [0.3, 0.4) is 0 Å². The van der Waals surface area contributed by atoms with Crippen molar-refractivity contribution in [3.63, 3.8) is 0 Å². The Hall–Kier alpha value is -0.740. The molecule has 2 rings (SSSR count). The largest absolute Gasteiger partial charge is 0.387 e. The first-order valence-electron chi connectivity index (χ1n) is 5.76. The molecule has 0 amide bonds. The molecule has 0 saturated carbocycles. The monoisotopic (exact) mass is 378 g/mol. The zero-order chi connectivity index (χ0) is 16.7. The van der Waals surface area contributed by atoms with E-state index in [1.807, 2.05) is 0 Å². The Kier molecular flexibility index (Phi) is 5.13. The van der Waals surface area contributed by atoms with Crippen molar-refractivity contribution in [2.75, 3.05) is 6.61 Å². The lowest BCUT2D eigenvalue weighted by Gasteiger charge is -2.16. The summed E-state index contributed by atoms with van der Waals surface area (Å²) in [5.74, 6) is -1.28. The Morgan fingerprint density at radius 3 is 2.64 bits per heavy atom. The zero-order valence-electron chi connectivity index (χ0n) is 10.6. The second-order valence-corrected chi connectivity index (χ2v) is 8.68. The van der Waals surface area contributed by atoms with Crippen molar-refractivity contribution in [2.45, 2.75) is 24.5 Å². The molecule has 4 atom stereocenters. The van der Waals surface area contributed by atoms with Gasteiger partial charge in [0.05, 0.1) is 12.8 Å². The third-order valence-corrected chi connectivity index (χ3v) is 3.96. The lowest BCUT2D eigenvalue weighted by molar-refractivity contribution is -0.0511. The van der Waals surface area contributed by atoms with Gasteiger partial charge in [-0.05, 0) is 22.5 Å². The van der Waals surface area contributed by atoms with Gasteiger partial charge in [-0.3, -0.25) is 18.9 Å². The van der Waals surface area contributed by atoms with E-state index in [4.69, 9.17) is 27.2 Å². The summed E-state index contributed by atoms with van der Waals surface area (Å²) in [5, 5.41) is 19.6. The van der Waals surface area contributed by atoms with E-state index in [1.165, 1.54) is 0 Å². The summed E-state index contributed by atoms with van der Waals surface area (Å²) in [4.78, 5) is 24.2. The van der Waals surface area contributed by atoms with Crippen LogP contribution in [0.15, 0.2) is 15.8 Å². The Balaban J connectivity index is 2.23. The molecule has 1 aliphatic heterocycles. The molecular formula is C9H10Cl2FN2O7P. The quantitative estimate of drug-likeness (QED) is 0.623. The molecular weight excluding hydrogens is 369 g/mol. The van der Waals surface area contributed by atoms with E-state index in [0.29, 0.717) is 10.8 Å². The number of hydrogen-bond acceptors (Lipinski definition) is 7. The van der Waals surface area contributed by atoms with Crippen molar-refractivity contribution in [3.8, 4) is 0 Å². The van der Waals surface area contributed by atoms with Crippen LogP contribution in [0.1, 0.15) is 6.23 Å². The van der Waals surface area contributed by atoms with E-state index in [2.05, 4.69) is 4.52 Å². The Labute approximate surface area is 131 Å². The summed E-state index contributed by atoms with van der Waals surface area (Å²) in [6.45, 7) is -0.542. The first-order valence-corrected chi connectivity index (χ1v) is 9.20. The predicted octanol–water partition coefficient (Wildman–Crippen LogP) is -0.103. The highest BCUT2D eigenvalue weighted by Gasteiger charge is 2.45. The number of aliphatic hydroxyl groups is 2. The molecule has 13 heteroatoms. The maximum Gasteiger partial charge on any atom is 0.380 e. The maximum absolute atomic E-state index is 13.2. The van der Waals surface area contributed by atoms with Crippen LogP contribution in [0, 0.1) is 5.82 Å². The van der Waals surface area contributed by atoms with Crippen LogP contribution in [0.2, 0.25) is 0 Å². The van der Waals surface area contributed by atoms with Gasteiger partial charge in [-0.25, -0.2) is 4.79 Å². The van der Waals surface area contributed by atoms with Crippen molar-refractivity contribution in [3.05, 3.63) is 32.9 Å². The second kappa shape index (κ2) is 6.40. The highest BCUT2D eigenvalue weighted by molar-refractivity contribution is 8.05. The summed E-state index contributed by atoms with van der Waals surface area (Å²) in [6.07, 6.45) is -9.27. The number of nitrogens with one attached hydrogen (secondary N) is 1. The number of H-pyrrole nitrogens is 1. The highest BCUT2D eigenvalue weighted by atomic mass is 35.9. The molecule has 0 aromatic carbocycles. The van der Waals surface area contributed by atoms with Gasteiger partial charge < -0.3 is 19.5 Å². The minimum absolute atomic E-state index is 0.527. The van der Waals surface area contributed by atoms with Crippen molar-refractivity contribution in [1.82, 2.24) is 9.55 Å². The number of ether oxygens (including phenoxy) is 1. The molecule has 3 N–H and O–H groups in total. The van der Waals surface area contributed by atoms with Gasteiger partial charge in [0.2, 0.25) is 5.82 Å². The number of aliphatic hydroxyl groups excluding tert-OH is 2. The van der Waals surface area contributed by atoms with Crippen molar-refractivity contribution in [2.24, 2.45) is 0 Å². The third-order valence-electron chi connectivity index (χ3n) is 2.92. The Morgan fingerprint density at radius 1 is 1.41 bits per heavy atom. The lowest BCUT2D eigenvalue weighted by atomic mass is 10.1. The van der Waals surface area contributed by atoms with Crippen molar-refractivity contribution in [1.29, 1.82) is 0 Å². The lowest BCUT2D eigenvalue weighted by Crippen LogP contribution is -2.38. The highest BCUT2D eigenvalue weighted by Crippen LogP contribution is 2.57. The molecule has 22 heavy (non-hydrogen) atoms. The topological polar surface area (TPSA) is 131 Å². The van der Waals surface area contributed by atoms with E-state index in [0.717, 1.165) is 0 Å². The fourth-order valence-electron chi connectivity index (χ4n) is 1.91. The Morgan fingerprint density at radius 2 is 2.05 bits per heavy atom. The maximum atomic E-state index is 13.2. The number of rotatable bonds is 4. The van der Waals surface area contributed by atoms with Crippen molar-refractivity contribution < 1.29 is 28.4 Å². The van der Waals surface area contributed by atoms with E-state index in [9.17, 15) is 28.8 Å². The summed E-state index contributed by atoms with van der Waals surface area (Å²) in [5.41, 5.74) is -2.29. The van der Waals surface area contributed by atoms with E-state index >= 15 is 0 Å². The van der Waals surface area contributed by atoms with Crippen LogP contribution < -0.4 is 11.2 Å². The van der Waals surface area contributed by atoms with Gasteiger partial charge in [0, 0.05) is 0 Å². The van der Waals surface area contributed by atoms with Crippen LogP contribution in [0.5, 0.6) is 0 Å². The first-order chi connectivity index (χ1) is 10.1. The summed E-state index contributed by atoms with van der Waals surface area (Å²) < 4.78 is 34.5. The van der Waals surface area contributed by atoms with E-state index in [-0.39, 0.29) is 0 Å². The molecule has 0 unspecified atom stereocenters. The number of aromatic nitrogens is 2. The molecule has 1 saturated heterocycles. The summed E-state index contributed by atoms with van der Waals surface area (Å²) in [7, 11) is 0. The zero-order valence-corrected chi connectivity index (χ0v) is 13.0. The average Bonchev–Trinajstić information content (AvgIpc) is 2.68. The van der Waals surface area contributed by atoms with Gasteiger partial charge in [0.15, 0.2) is 6.23 Å². The van der Waals surface area contributed by atoms with Crippen LogP contribution in [0.4, 0.5) is 4.39 Å². The van der Waals surface area contributed by atoms with E-state index in [1.54, 1.807) is 4.98 Å². The second-order valence-electron chi connectivity index (χ2n) is 4.40. The van der Waals surface area contributed by atoms with Crippen LogP contribution in [0.25, 0.3) is 0 Å². The van der Waals surface area contributed by atoms with Gasteiger partial charge in [0.25, 0.3) is 5.56 Å². The SMILES string of the molecule is O=c1[nH]c(=O)n([C@@H]2O[C@H](COP(=O)(Cl)Cl)[C@@H](O)[C@H]2O)cc1F. The third kappa shape index (κ3) is 3.77. The molecule has 0 radical (unpaired) electrons. The molecule has 0 bridgehead atoms. The molecule has 2 heterocycles. The molecule has 1 aromatic rings. The molecule has 1 aromatic heterocycles. The predicted molar refractivity (Wildman–Crippen MR) is 72.5 cm³/mol. The molecule has 1 aliphatic rings. The van der Waals surface area contributed by atoms with E-state index < -0.39 is 54.3 Å². The minimum atomic E-state index is -3.88. The average molecular weight is 379 g/mol. The molecule has 0 spiro atoms. The minimum Gasteiger partial charge on any atom is -0.387 e. The smallest absolute Gasteiger partial charge is 0.380 e. The van der Waals surface area contributed by atoms with Gasteiger partial charge >= 0.3 is 11.8 Å². The molecule has 0 aliphatic carbocycles. The summed E-state index contributed by atoms with van der Waals surface area (Å²) >= 11 is 10.3. The van der Waals surface area contributed by atoms with Crippen LogP contribution in [-0.2, 0) is 13.8 Å². The fourth-order valence-corrected chi connectivity index (χ4v) is 2.57. The molecule has 1 fully saturated rings. The summed E-state index contributed by atoms with van der Waals surface area (Å²) in [6, 6.07) is 0. The van der Waals surface area contributed by atoms with Crippen molar-refractivity contribution >= 4 is 28.6 Å². The standard InChI is InChI=1S/C9H10Cl2FN2O7P/c10-22(11,19)20-2-4-5(15)6(16)8(21-4)14-1-3(12)7(17)13-9(14)18/h1,4-6,8,15-16H,2H2,(H,13,17,18)/t4-,5-,6-,8-/m1/s1. The van der Waals surface area contributed by atoms with Gasteiger partial charge in [-0.1, -0.05) is 0 Å². The molecule has 124 valence electrons.